The summed E-state index contributed by atoms with van der Waals surface area (Å²) in [6.07, 6.45) is 2.47. The lowest BCUT2D eigenvalue weighted by Crippen LogP contribution is -2.35. The number of hydrogen-bond donors (Lipinski definition) is 1. The van der Waals surface area contributed by atoms with Crippen molar-refractivity contribution >= 4 is 29.1 Å². The monoisotopic (exact) mass is 387 g/mol. The number of anilines is 3. The maximum Gasteiger partial charge on any atom is 0.337 e. The van der Waals surface area contributed by atoms with E-state index in [1.807, 2.05) is 23.1 Å². The van der Waals surface area contributed by atoms with Gasteiger partial charge in [0.25, 0.3) is 5.91 Å². The van der Waals surface area contributed by atoms with E-state index in [1.54, 1.807) is 42.6 Å². The number of rotatable bonds is 4. The van der Waals surface area contributed by atoms with Crippen LogP contribution in [0.4, 0.5) is 17.2 Å². The molecule has 29 heavy (non-hydrogen) atoms. The molecule has 3 aromatic rings. The summed E-state index contributed by atoms with van der Waals surface area (Å²) in [5.74, 6) is 0.123. The summed E-state index contributed by atoms with van der Waals surface area (Å²) >= 11 is 0. The average Bonchev–Trinajstić information content (AvgIpc) is 3.09. The van der Waals surface area contributed by atoms with Crippen molar-refractivity contribution in [3.8, 4) is 0 Å². The Morgan fingerprint density at radius 3 is 2.59 bits per heavy atom. The minimum absolute atomic E-state index is 0.0473. The Balaban J connectivity index is 1.55. The number of carbonyl (C=O) groups is 2. The molecule has 0 spiro atoms. The molecule has 1 amide bonds. The molecule has 6 heteroatoms. The normalized spacial score (nSPS) is 15.0. The van der Waals surface area contributed by atoms with Crippen LogP contribution in [0.5, 0.6) is 0 Å². The van der Waals surface area contributed by atoms with Crippen LogP contribution in [0.1, 0.15) is 33.2 Å². The number of ether oxygens (including phenoxy) is 1. The van der Waals surface area contributed by atoms with Crippen LogP contribution in [-0.4, -0.2) is 30.0 Å². The van der Waals surface area contributed by atoms with Gasteiger partial charge in [-0.3, -0.25) is 4.79 Å². The summed E-state index contributed by atoms with van der Waals surface area (Å²) in [5, 5.41) is 3.17. The van der Waals surface area contributed by atoms with Crippen LogP contribution in [-0.2, 0) is 11.2 Å². The Labute approximate surface area is 169 Å². The van der Waals surface area contributed by atoms with E-state index in [-0.39, 0.29) is 17.9 Å². The molecule has 1 aromatic heterocycles. The van der Waals surface area contributed by atoms with Crippen molar-refractivity contribution < 1.29 is 14.3 Å². The lowest BCUT2D eigenvalue weighted by molar-refractivity contribution is 0.0600. The fourth-order valence-electron chi connectivity index (χ4n) is 3.60. The highest BCUT2D eigenvalue weighted by Crippen LogP contribution is 2.33. The van der Waals surface area contributed by atoms with E-state index in [0.717, 1.165) is 17.8 Å². The summed E-state index contributed by atoms with van der Waals surface area (Å²) in [6, 6.07) is 18.5. The van der Waals surface area contributed by atoms with Crippen molar-refractivity contribution in [3.05, 3.63) is 83.6 Å². The highest BCUT2D eigenvalue weighted by atomic mass is 16.5. The number of pyridine rings is 1. The van der Waals surface area contributed by atoms with Crippen LogP contribution in [0.25, 0.3) is 0 Å². The number of carbonyl (C=O) groups excluding carboxylic acids is 2. The zero-order valence-electron chi connectivity index (χ0n) is 16.3. The van der Waals surface area contributed by atoms with Crippen LogP contribution in [0, 0.1) is 0 Å². The van der Waals surface area contributed by atoms with Crippen molar-refractivity contribution in [1.82, 2.24) is 4.98 Å². The van der Waals surface area contributed by atoms with E-state index >= 15 is 0 Å². The lowest BCUT2D eigenvalue weighted by Gasteiger charge is -2.23. The molecule has 1 unspecified atom stereocenters. The second kappa shape index (κ2) is 7.75. The van der Waals surface area contributed by atoms with Gasteiger partial charge in [0.2, 0.25) is 0 Å². The van der Waals surface area contributed by atoms with Gasteiger partial charge in [0.15, 0.2) is 0 Å². The molecule has 1 N–H and O–H groups in total. The minimum Gasteiger partial charge on any atom is -0.465 e. The molecule has 0 radical (unpaired) electrons. The molecule has 146 valence electrons. The second-order valence-electron chi connectivity index (χ2n) is 6.98. The first kappa shape index (κ1) is 18.7. The molecule has 0 saturated carbocycles. The number of benzene rings is 2. The van der Waals surface area contributed by atoms with Gasteiger partial charge in [0.05, 0.1) is 12.7 Å². The number of nitrogens with one attached hydrogen (secondary N) is 1. The van der Waals surface area contributed by atoms with Gasteiger partial charge < -0.3 is 15.0 Å². The minimum atomic E-state index is -0.387. The van der Waals surface area contributed by atoms with E-state index in [9.17, 15) is 9.59 Å². The molecule has 4 rings (SSSR count). The number of nitrogens with zero attached hydrogens (tertiary/aromatic N) is 2. The molecule has 0 aliphatic carbocycles. The molecule has 2 aromatic carbocycles. The highest BCUT2D eigenvalue weighted by molar-refractivity contribution is 6.08. The first-order valence-electron chi connectivity index (χ1n) is 9.40. The maximum atomic E-state index is 13.2. The van der Waals surface area contributed by atoms with Crippen molar-refractivity contribution in [2.45, 2.75) is 19.4 Å². The van der Waals surface area contributed by atoms with E-state index in [0.29, 0.717) is 16.9 Å². The first-order chi connectivity index (χ1) is 14.1. The van der Waals surface area contributed by atoms with E-state index in [1.165, 1.54) is 12.7 Å². The number of esters is 1. The van der Waals surface area contributed by atoms with Gasteiger partial charge in [-0.1, -0.05) is 18.2 Å². The van der Waals surface area contributed by atoms with Gasteiger partial charge in [-0.05, 0) is 61.4 Å². The van der Waals surface area contributed by atoms with Crippen LogP contribution >= 0.6 is 0 Å². The fraction of sp³-hybridized carbons (Fsp3) is 0.174. The Kier molecular flexibility index (Phi) is 4.99. The predicted molar refractivity (Wildman–Crippen MR) is 112 cm³/mol. The average molecular weight is 387 g/mol. The number of fused-ring (bicyclic) bond motifs is 1. The highest BCUT2D eigenvalue weighted by Gasteiger charge is 2.31. The van der Waals surface area contributed by atoms with Gasteiger partial charge in [-0.15, -0.1) is 0 Å². The standard InChI is InChI=1S/C23H21N3O3/c1-15-13-17-5-3-4-6-20(17)26(15)22(27)18-11-12-24-21(14-18)25-19-9-7-16(8-10-19)23(28)29-2/h3-12,14-15H,13H2,1-2H3,(H,24,25). The van der Waals surface area contributed by atoms with Crippen molar-refractivity contribution in [2.24, 2.45) is 0 Å². The zero-order chi connectivity index (χ0) is 20.4. The third kappa shape index (κ3) is 3.69. The Morgan fingerprint density at radius 2 is 1.83 bits per heavy atom. The molecule has 1 aliphatic rings. The summed E-state index contributed by atoms with van der Waals surface area (Å²) in [6.45, 7) is 2.06. The molecule has 2 heterocycles. The smallest absolute Gasteiger partial charge is 0.337 e. The molecule has 1 atom stereocenters. The zero-order valence-corrected chi connectivity index (χ0v) is 16.3. The van der Waals surface area contributed by atoms with Gasteiger partial charge in [0.1, 0.15) is 5.82 Å². The fourth-order valence-corrected chi connectivity index (χ4v) is 3.60. The van der Waals surface area contributed by atoms with Crippen molar-refractivity contribution in [3.63, 3.8) is 0 Å². The number of hydrogen-bond acceptors (Lipinski definition) is 5. The van der Waals surface area contributed by atoms with Gasteiger partial charge in [-0.25, -0.2) is 9.78 Å². The predicted octanol–water partition coefficient (Wildman–Crippen LogP) is 4.20. The largest absolute Gasteiger partial charge is 0.465 e. The quantitative estimate of drug-likeness (QED) is 0.679. The number of methoxy groups -OCH3 is 1. The van der Waals surface area contributed by atoms with Gasteiger partial charge in [-0.2, -0.15) is 0 Å². The molecular formula is C23H21N3O3. The van der Waals surface area contributed by atoms with Crippen LogP contribution in [0.3, 0.4) is 0 Å². The lowest BCUT2D eigenvalue weighted by atomic mass is 10.1. The number of amides is 1. The third-order valence-corrected chi connectivity index (χ3v) is 5.01. The first-order valence-corrected chi connectivity index (χ1v) is 9.40. The van der Waals surface area contributed by atoms with Crippen LogP contribution in [0.15, 0.2) is 66.9 Å². The maximum absolute atomic E-state index is 13.2. The number of para-hydroxylation sites is 1. The van der Waals surface area contributed by atoms with Gasteiger partial charge in [0, 0.05) is 29.2 Å². The second-order valence-corrected chi connectivity index (χ2v) is 6.98. The molecule has 0 saturated heterocycles. The number of aromatic nitrogens is 1. The van der Waals surface area contributed by atoms with Crippen molar-refractivity contribution in [1.29, 1.82) is 0 Å². The third-order valence-electron chi connectivity index (χ3n) is 5.01. The molecule has 1 aliphatic heterocycles. The Hall–Kier alpha value is -3.67. The molecule has 0 bridgehead atoms. The van der Waals surface area contributed by atoms with Crippen LogP contribution < -0.4 is 10.2 Å². The molecule has 6 nitrogen and oxygen atoms in total. The van der Waals surface area contributed by atoms with Gasteiger partial charge >= 0.3 is 5.97 Å². The summed E-state index contributed by atoms with van der Waals surface area (Å²) in [5.41, 5.74) is 3.95. The van der Waals surface area contributed by atoms with Crippen molar-refractivity contribution in [2.75, 3.05) is 17.3 Å². The SMILES string of the molecule is COC(=O)c1ccc(Nc2cc(C(=O)N3c4ccccc4CC3C)ccn2)cc1. The molecular weight excluding hydrogens is 366 g/mol. The van der Waals surface area contributed by atoms with E-state index < -0.39 is 0 Å². The Morgan fingerprint density at radius 1 is 1.07 bits per heavy atom. The summed E-state index contributed by atoms with van der Waals surface area (Å²) < 4.78 is 4.71. The van der Waals surface area contributed by atoms with E-state index in [4.69, 9.17) is 4.74 Å². The topological polar surface area (TPSA) is 71.5 Å². The summed E-state index contributed by atoms with van der Waals surface area (Å²) in [7, 11) is 1.35. The molecule has 0 fully saturated rings. The Bertz CT molecular complexity index is 1060. The van der Waals surface area contributed by atoms with E-state index in [2.05, 4.69) is 23.3 Å². The summed E-state index contributed by atoms with van der Waals surface area (Å²) in [4.78, 5) is 30.9. The van der Waals surface area contributed by atoms with Crippen LogP contribution in [0.2, 0.25) is 0 Å².